The number of hydrogen-bond donors (Lipinski definition) is 2. The van der Waals surface area contributed by atoms with E-state index in [0.29, 0.717) is 21.7 Å². The second-order valence-electron chi connectivity index (χ2n) is 4.08. The molecule has 1 aromatic heterocycles. The number of nitrogens with one attached hydrogen (secondary N) is 2. The van der Waals surface area contributed by atoms with Gasteiger partial charge in [0.1, 0.15) is 11.6 Å². The molecule has 0 saturated heterocycles. The van der Waals surface area contributed by atoms with Gasteiger partial charge < -0.3 is 10.6 Å². The molecule has 0 radical (unpaired) electrons. The predicted molar refractivity (Wildman–Crippen MR) is 65.1 cm³/mol. The molecule has 0 aromatic carbocycles. The monoisotopic (exact) mass is 245 g/mol. The molecule has 0 atom stereocenters. The maximum Gasteiger partial charge on any atom is 0.147 e. The Morgan fingerprint density at radius 1 is 1.27 bits per heavy atom. The van der Waals surface area contributed by atoms with Gasteiger partial charge in [-0.25, -0.2) is 4.98 Å². The number of halogens is 2. The Morgan fingerprint density at radius 2 is 1.87 bits per heavy atom. The van der Waals surface area contributed by atoms with Gasteiger partial charge in [0.15, 0.2) is 0 Å². The van der Waals surface area contributed by atoms with Crippen molar-refractivity contribution in [3.8, 4) is 0 Å². The Balaban J connectivity index is 2.29. The van der Waals surface area contributed by atoms with Crippen LogP contribution >= 0.6 is 23.2 Å². The van der Waals surface area contributed by atoms with Crippen LogP contribution in [-0.2, 0) is 0 Å². The Morgan fingerprint density at radius 3 is 2.40 bits per heavy atom. The minimum absolute atomic E-state index is 0.162. The van der Waals surface area contributed by atoms with Crippen LogP contribution < -0.4 is 10.6 Å². The number of aromatic nitrogens is 1. The summed E-state index contributed by atoms with van der Waals surface area (Å²) in [6.45, 7) is 2.15. The first kappa shape index (κ1) is 10.8. The van der Waals surface area contributed by atoms with E-state index in [1.54, 1.807) is 13.1 Å². The van der Waals surface area contributed by atoms with E-state index in [1.807, 2.05) is 0 Å². The van der Waals surface area contributed by atoms with Crippen LogP contribution in [0.3, 0.4) is 0 Å². The molecule has 1 aliphatic carbocycles. The van der Waals surface area contributed by atoms with Gasteiger partial charge in [0.2, 0.25) is 0 Å². The van der Waals surface area contributed by atoms with Crippen molar-refractivity contribution < 1.29 is 0 Å². The fourth-order valence-corrected chi connectivity index (χ4v) is 1.83. The van der Waals surface area contributed by atoms with Crippen LogP contribution in [0, 0.1) is 0 Å². The number of pyridine rings is 1. The smallest absolute Gasteiger partial charge is 0.147 e. The van der Waals surface area contributed by atoms with E-state index < -0.39 is 0 Å². The Labute approximate surface area is 99.2 Å². The molecule has 2 N–H and O–H groups in total. The standard InChI is InChI=1S/C10H13Cl2N3/c1-10(3-4-10)15-9-7(12)5-6(11)8(13-2)14-9/h5H,3-4H2,1-2H3,(H2,13,14,15). The zero-order valence-corrected chi connectivity index (χ0v) is 10.2. The SMILES string of the molecule is CNc1nc(NC2(C)CC2)c(Cl)cc1Cl. The van der Waals surface area contributed by atoms with Crippen LogP contribution in [0.5, 0.6) is 0 Å². The summed E-state index contributed by atoms with van der Waals surface area (Å²) < 4.78 is 0. The van der Waals surface area contributed by atoms with E-state index >= 15 is 0 Å². The molecule has 1 aromatic rings. The van der Waals surface area contributed by atoms with Crippen molar-refractivity contribution >= 4 is 34.8 Å². The summed E-state index contributed by atoms with van der Waals surface area (Å²) in [7, 11) is 1.78. The predicted octanol–water partition coefficient (Wildman–Crippen LogP) is 3.39. The third kappa shape index (κ3) is 2.29. The van der Waals surface area contributed by atoms with Gasteiger partial charge in [-0.1, -0.05) is 23.2 Å². The van der Waals surface area contributed by atoms with Crippen LogP contribution in [0.15, 0.2) is 6.07 Å². The van der Waals surface area contributed by atoms with Crippen molar-refractivity contribution in [2.24, 2.45) is 0 Å². The molecule has 0 bridgehead atoms. The van der Waals surface area contributed by atoms with Crippen molar-refractivity contribution in [3.63, 3.8) is 0 Å². The molecule has 5 heteroatoms. The Bertz CT molecular complexity index is 388. The second-order valence-corrected chi connectivity index (χ2v) is 4.90. The summed E-state index contributed by atoms with van der Waals surface area (Å²) in [4.78, 5) is 4.33. The van der Waals surface area contributed by atoms with Crippen LogP contribution in [0.4, 0.5) is 11.6 Å². The molecule has 15 heavy (non-hydrogen) atoms. The van der Waals surface area contributed by atoms with Gasteiger partial charge in [-0.15, -0.1) is 0 Å². The van der Waals surface area contributed by atoms with Crippen LogP contribution in [-0.4, -0.2) is 17.6 Å². The molecule has 1 aliphatic rings. The third-order valence-electron chi connectivity index (χ3n) is 2.59. The lowest BCUT2D eigenvalue weighted by Crippen LogP contribution is -2.17. The number of anilines is 2. The molecule has 0 amide bonds. The van der Waals surface area contributed by atoms with Crippen LogP contribution in [0.25, 0.3) is 0 Å². The highest BCUT2D eigenvalue weighted by molar-refractivity contribution is 6.37. The van der Waals surface area contributed by atoms with Crippen molar-refractivity contribution in [2.45, 2.75) is 25.3 Å². The summed E-state index contributed by atoms with van der Waals surface area (Å²) in [6.07, 6.45) is 2.31. The van der Waals surface area contributed by atoms with E-state index in [4.69, 9.17) is 23.2 Å². The van der Waals surface area contributed by atoms with Crippen molar-refractivity contribution in [1.82, 2.24) is 4.98 Å². The van der Waals surface area contributed by atoms with Crippen molar-refractivity contribution in [3.05, 3.63) is 16.1 Å². The number of nitrogens with zero attached hydrogens (tertiary/aromatic N) is 1. The third-order valence-corrected chi connectivity index (χ3v) is 3.16. The Hall–Kier alpha value is -0.670. The molecule has 1 heterocycles. The highest BCUT2D eigenvalue weighted by Gasteiger charge is 2.38. The summed E-state index contributed by atoms with van der Waals surface area (Å²) in [5, 5.41) is 7.35. The lowest BCUT2D eigenvalue weighted by atomic mass is 10.3. The molecule has 0 aliphatic heterocycles. The highest BCUT2D eigenvalue weighted by atomic mass is 35.5. The largest absolute Gasteiger partial charge is 0.372 e. The zero-order valence-electron chi connectivity index (χ0n) is 8.69. The fraction of sp³-hybridized carbons (Fsp3) is 0.500. The topological polar surface area (TPSA) is 37.0 Å². The van der Waals surface area contributed by atoms with Gasteiger partial charge in [0, 0.05) is 12.6 Å². The minimum Gasteiger partial charge on any atom is -0.372 e. The van der Waals surface area contributed by atoms with E-state index in [9.17, 15) is 0 Å². The van der Waals surface area contributed by atoms with Crippen LogP contribution in [0.1, 0.15) is 19.8 Å². The number of rotatable bonds is 3. The minimum atomic E-state index is 0.162. The Kier molecular flexibility index (Phi) is 2.69. The van der Waals surface area contributed by atoms with Gasteiger partial charge in [-0.05, 0) is 25.8 Å². The van der Waals surface area contributed by atoms with E-state index in [2.05, 4.69) is 22.5 Å². The average Bonchev–Trinajstić information content (AvgIpc) is 2.89. The molecule has 82 valence electrons. The maximum absolute atomic E-state index is 6.06. The van der Waals surface area contributed by atoms with Crippen molar-refractivity contribution in [1.29, 1.82) is 0 Å². The summed E-state index contributed by atoms with van der Waals surface area (Å²) in [5.74, 6) is 1.35. The summed E-state index contributed by atoms with van der Waals surface area (Å²) in [5.41, 5.74) is 0.162. The quantitative estimate of drug-likeness (QED) is 0.858. The van der Waals surface area contributed by atoms with Gasteiger partial charge in [-0.3, -0.25) is 0 Å². The van der Waals surface area contributed by atoms with Gasteiger partial charge >= 0.3 is 0 Å². The highest BCUT2D eigenvalue weighted by Crippen LogP contribution is 2.40. The van der Waals surface area contributed by atoms with Crippen molar-refractivity contribution in [2.75, 3.05) is 17.7 Å². The fourth-order valence-electron chi connectivity index (χ4n) is 1.33. The molecular formula is C10H13Cl2N3. The lowest BCUT2D eigenvalue weighted by molar-refractivity contribution is 0.821. The van der Waals surface area contributed by atoms with Crippen LogP contribution in [0.2, 0.25) is 10.0 Å². The first-order valence-electron chi connectivity index (χ1n) is 4.86. The van der Waals surface area contributed by atoms with E-state index in [0.717, 1.165) is 12.8 Å². The summed E-state index contributed by atoms with van der Waals surface area (Å²) in [6, 6.07) is 1.70. The normalized spacial score (nSPS) is 17.3. The molecule has 3 nitrogen and oxygen atoms in total. The first-order chi connectivity index (χ1) is 7.04. The summed E-state index contributed by atoms with van der Waals surface area (Å²) >= 11 is 12.0. The zero-order chi connectivity index (χ0) is 11.1. The van der Waals surface area contributed by atoms with Gasteiger partial charge in [0.05, 0.1) is 10.0 Å². The average molecular weight is 246 g/mol. The molecule has 1 fully saturated rings. The molecule has 1 saturated carbocycles. The molecule has 0 spiro atoms. The van der Waals surface area contributed by atoms with E-state index in [1.165, 1.54) is 0 Å². The van der Waals surface area contributed by atoms with E-state index in [-0.39, 0.29) is 5.54 Å². The first-order valence-corrected chi connectivity index (χ1v) is 5.62. The lowest BCUT2D eigenvalue weighted by Gasteiger charge is -2.15. The van der Waals surface area contributed by atoms with Gasteiger partial charge in [0.25, 0.3) is 0 Å². The second kappa shape index (κ2) is 3.72. The molecule has 2 rings (SSSR count). The number of hydrogen-bond acceptors (Lipinski definition) is 3. The van der Waals surface area contributed by atoms with Gasteiger partial charge in [-0.2, -0.15) is 0 Å². The molecular weight excluding hydrogens is 233 g/mol. The maximum atomic E-state index is 6.06. The molecule has 0 unspecified atom stereocenters.